The van der Waals surface area contributed by atoms with Crippen molar-refractivity contribution in [3.05, 3.63) is 29.0 Å². The van der Waals surface area contributed by atoms with Gasteiger partial charge in [-0.1, -0.05) is 19.8 Å². The SMILES string of the molecule is Cc1sc(-c2ccco2)nc1C(=O)N(C)C1CCCCC1C. The van der Waals surface area contributed by atoms with Crippen LogP contribution in [-0.4, -0.2) is 28.9 Å². The van der Waals surface area contributed by atoms with Crippen LogP contribution in [0, 0.1) is 12.8 Å². The Labute approximate surface area is 135 Å². The molecule has 0 N–H and O–H groups in total. The molecule has 0 bridgehead atoms. The molecule has 2 unspecified atom stereocenters. The maximum absolute atomic E-state index is 12.8. The fraction of sp³-hybridized carbons (Fsp3) is 0.529. The molecular weight excluding hydrogens is 296 g/mol. The van der Waals surface area contributed by atoms with Gasteiger partial charge in [0, 0.05) is 18.0 Å². The van der Waals surface area contributed by atoms with Crippen LogP contribution < -0.4 is 0 Å². The molecule has 22 heavy (non-hydrogen) atoms. The quantitative estimate of drug-likeness (QED) is 0.844. The van der Waals surface area contributed by atoms with E-state index in [4.69, 9.17) is 4.42 Å². The second-order valence-electron chi connectivity index (χ2n) is 6.15. The molecule has 5 heteroatoms. The summed E-state index contributed by atoms with van der Waals surface area (Å²) in [6, 6.07) is 4.04. The average Bonchev–Trinajstić information content (AvgIpc) is 3.15. The number of hydrogen-bond acceptors (Lipinski definition) is 4. The number of carbonyl (C=O) groups excluding carboxylic acids is 1. The molecular formula is C17H22N2O2S. The second-order valence-corrected chi connectivity index (χ2v) is 7.35. The first-order valence-electron chi connectivity index (χ1n) is 7.86. The number of thiazole rings is 1. The number of rotatable bonds is 3. The summed E-state index contributed by atoms with van der Waals surface area (Å²) >= 11 is 1.51. The van der Waals surface area contributed by atoms with Gasteiger partial charge in [-0.2, -0.15) is 0 Å². The Balaban J connectivity index is 1.82. The minimum Gasteiger partial charge on any atom is -0.462 e. The van der Waals surface area contributed by atoms with E-state index in [1.807, 2.05) is 31.0 Å². The van der Waals surface area contributed by atoms with E-state index < -0.39 is 0 Å². The standard InChI is InChI=1S/C17H22N2O2S/c1-11-7-4-5-8-13(11)19(3)17(20)15-12(2)22-16(18-15)14-9-6-10-21-14/h6,9-11,13H,4-5,7-8H2,1-3H3. The molecule has 0 spiro atoms. The van der Waals surface area contributed by atoms with Crippen LogP contribution in [-0.2, 0) is 0 Å². The van der Waals surface area contributed by atoms with Crippen molar-refractivity contribution < 1.29 is 9.21 Å². The van der Waals surface area contributed by atoms with Crippen LogP contribution in [0.2, 0.25) is 0 Å². The normalized spacial score (nSPS) is 21.8. The highest BCUT2D eigenvalue weighted by Gasteiger charge is 2.30. The number of nitrogens with zero attached hydrogens (tertiary/aromatic N) is 2. The van der Waals surface area contributed by atoms with Crippen LogP contribution in [0.3, 0.4) is 0 Å². The van der Waals surface area contributed by atoms with Crippen LogP contribution in [0.15, 0.2) is 22.8 Å². The minimum absolute atomic E-state index is 0.0327. The number of aryl methyl sites for hydroxylation is 1. The summed E-state index contributed by atoms with van der Waals surface area (Å²) in [5.41, 5.74) is 0.566. The van der Waals surface area contributed by atoms with Crippen molar-refractivity contribution >= 4 is 17.2 Å². The molecule has 2 aromatic rings. The summed E-state index contributed by atoms with van der Waals surface area (Å²) in [6.07, 6.45) is 6.41. The van der Waals surface area contributed by atoms with E-state index in [0.29, 0.717) is 17.7 Å². The molecule has 1 amide bonds. The Morgan fingerprint density at radius 1 is 1.41 bits per heavy atom. The van der Waals surface area contributed by atoms with Crippen molar-refractivity contribution in [2.24, 2.45) is 5.92 Å². The molecule has 2 aromatic heterocycles. The van der Waals surface area contributed by atoms with Crippen LogP contribution >= 0.6 is 11.3 Å². The molecule has 2 atom stereocenters. The van der Waals surface area contributed by atoms with Crippen molar-refractivity contribution in [1.82, 2.24) is 9.88 Å². The summed E-state index contributed by atoms with van der Waals surface area (Å²) in [7, 11) is 1.92. The van der Waals surface area contributed by atoms with Crippen molar-refractivity contribution in [3.8, 4) is 10.8 Å². The van der Waals surface area contributed by atoms with E-state index in [0.717, 1.165) is 22.1 Å². The van der Waals surface area contributed by atoms with Crippen molar-refractivity contribution in [2.75, 3.05) is 7.05 Å². The van der Waals surface area contributed by atoms with Crippen molar-refractivity contribution in [2.45, 2.75) is 45.6 Å². The van der Waals surface area contributed by atoms with Gasteiger partial charge in [0.15, 0.2) is 10.8 Å². The topological polar surface area (TPSA) is 46.3 Å². The van der Waals surface area contributed by atoms with Crippen LogP contribution in [0.1, 0.15) is 48.0 Å². The minimum atomic E-state index is 0.0327. The average molecular weight is 318 g/mol. The Morgan fingerprint density at radius 3 is 2.86 bits per heavy atom. The zero-order valence-electron chi connectivity index (χ0n) is 13.3. The second kappa shape index (κ2) is 6.24. The van der Waals surface area contributed by atoms with Crippen LogP contribution in [0.4, 0.5) is 0 Å². The Hall–Kier alpha value is -1.62. The van der Waals surface area contributed by atoms with Gasteiger partial charge in [0.1, 0.15) is 5.69 Å². The zero-order chi connectivity index (χ0) is 15.7. The molecule has 0 saturated heterocycles. The number of hydrogen-bond donors (Lipinski definition) is 0. The summed E-state index contributed by atoms with van der Waals surface area (Å²) in [5, 5.41) is 0.774. The van der Waals surface area contributed by atoms with E-state index in [1.54, 1.807) is 6.26 Å². The maximum Gasteiger partial charge on any atom is 0.273 e. The molecule has 1 aliphatic carbocycles. The summed E-state index contributed by atoms with van der Waals surface area (Å²) in [6.45, 7) is 4.20. The lowest BCUT2D eigenvalue weighted by atomic mass is 9.85. The van der Waals surface area contributed by atoms with Gasteiger partial charge in [0.2, 0.25) is 0 Å². The Kier molecular flexibility index (Phi) is 4.34. The molecule has 0 aromatic carbocycles. The predicted octanol–water partition coefficient (Wildman–Crippen LogP) is 4.36. The van der Waals surface area contributed by atoms with Gasteiger partial charge in [0.05, 0.1) is 6.26 Å². The molecule has 1 saturated carbocycles. The number of aromatic nitrogens is 1. The Bertz CT molecular complexity index is 648. The maximum atomic E-state index is 12.8. The van der Waals surface area contributed by atoms with E-state index in [-0.39, 0.29) is 5.91 Å². The van der Waals surface area contributed by atoms with Gasteiger partial charge >= 0.3 is 0 Å². The number of carbonyl (C=O) groups is 1. The third-order valence-corrected chi connectivity index (χ3v) is 5.60. The van der Waals surface area contributed by atoms with Gasteiger partial charge in [-0.15, -0.1) is 11.3 Å². The Morgan fingerprint density at radius 2 is 2.18 bits per heavy atom. The van der Waals surface area contributed by atoms with Gasteiger partial charge in [-0.25, -0.2) is 4.98 Å². The highest BCUT2D eigenvalue weighted by atomic mass is 32.1. The van der Waals surface area contributed by atoms with E-state index >= 15 is 0 Å². The summed E-state index contributed by atoms with van der Waals surface area (Å²) < 4.78 is 5.38. The fourth-order valence-electron chi connectivity index (χ4n) is 3.29. The van der Waals surface area contributed by atoms with Crippen LogP contribution in [0.5, 0.6) is 0 Å². The van der Waals surface area contributed by atoms with Gasteiger partial charge < -0.3 is 9.32 Å². The van der Waals surface area contributed by atoms with Crippen molar-refractivity contribution in [1.29, 1.82) is 0 Å². The summed E-state index contributed by atoms with van der Waals surface area (Å²) in [5.74, 6) is 1.32. The van der Waals surface area contributed by atoms with Crippen molar-refractivity contribution in [3.63, 3.8) is 0 Å². The van der Waals surface area contributed by atoms with E-state index in [9.17, 15) is 4.79 Å². The molecule has 1 fully saturated rings. The summed E-state index contributed by atoms with van der Waals surface area (Å²) in [4.78, 5) is 20.2. The number of amides is 1. The molecule has 0 radical (unpaired) electrons. The first-order chi connectivity index (χ1) is 10.6. The lowest BCUT2D eigenvalue weighted by molar-refractivity contribution is 0.0623. The fourth-order valence-corrected chi connectivity index (χ4v) is 4.16. The largest absolute Gasteiger partial charge is 0.462 e. The zero-order valence-corrected chi connectivity index (χ0v) is 14.2. The van der Waals surface area contributed by atoms with Gasteiger partial charge in [-0.05, 0) is 37.8 Å². The molecule has 0 aliphatic heterocycles. The predicted molar refractivity (Wildman–Crippen MR) is 88.1 cm³/mol. The van der Waals surface area contributed by atoms with E-state index in [1.165, 1.54) is 30.6 Å². The monoisotopic (exact) mass is 318 g/mol. The molecule has 3 rings (SSSR count). The third kappa shape index (κ3) is 2.82. The van der Waals surface area contributed by atoms with E-state index in [2.05, 4.69) is 11.9 Å². The molecule has 1 aliphatic rings. The smallest absolute Gasteiger partial charge is 0.273 e. The molecule has 2 heterocycles. The first kappa shape index (κ1) is 15.3. The van der Waals surface area contributed by atoms with Gasteiger partial charge in [-0.3, -0.25) is 4.79 Å². The molecule has 4 nitrogen and oxygen atoms in total. The number of furan rings is 1. The highest BCUT2D eigenvalue weighted by molar-refractivity contribution is 7.15. The first-order valence-corrected chi connectivity index (χ1v) is 8.68. The molecule has 118 valence electrons. The highest BCUT2D eigenvalue weighted by Crippen LogP contribution is 2.31. The lowest BCUT2D eigenvalue weighted by Gasteiger charge is -2.36. The van der Waals surface area contributed by atoms with Crippen LogP contribution in [0.25, 0.3) is 10.8 Å². The third-order valence-electron chi connectivity index (χ3n) is 4.62. The van der Waals surface area contributed by atoms with Gasteiger partial charge in [0.25, 0.3) is 5.91 Å². The lowest BCUT2D eigenvalue weighted by Crippen LogP contribution is -2.42.